The molecule has 0 aromatic carbocycles. The van der Waals surface area contributed by atoms with Gasteiger partial charge in [-0.25, -0.2) is 0 Å². The lowest BCUT2D eigenvalue weighted by atomic mass is 9.32. The molecule has 0 aromatic heterocycles. The van der Waals surface area contributed by atoms with Gasteiger partial charge in [-0.05, 0) is 149 Å². The summed E-state index contributed by atoms with van der Waals surface area (Å²) >= 11 is 36.4. The standard InChI is InChI=1S/C39H67NO6S3.2CHCl3/c1-13-44-33(47)48-31-22-38(12)27(32-26(24(2)3)16-21-39(31,32)23-45-49(42,43)40-34(5,6)7)14-15-29-36(10)19-18-30(46-25(4)41)35(8,9)28(36)17-20-37(29,38)11;2*2-1(3)4/h24,26-32,40H,13-23H2,1-12H3;2*1H/t26-,27+,28-,29+,30-,31-,32+,36-,37+,38+,39-;;/m0../s1. The first kappa shape index (κ1) is 52.7. The van der Waals surface area contributed by atoms with Gasteiger partial charge in [0.25, 0.3) is 0 Å². The molecule has 0 saturated heterocycles. The molecule has 5 aliphatic rings. The van der Waals surface area contributed by atoms with Crippen molar-refractivity contribution >= 4 is 114 Å². The summed E-state index contributed by atoms with van der Waals surface area (Å²) in [4.78, 5) is 12.1. The van der Waals surface area contributed by atoms with Gasteiger partial charge in [-0.15, -0.1) is 0 Å². The fourth-order valence-corrected chi connectivity index (χ4v) is 16.3. The van der Waals surface area contributed by atoms with Crippen molar-refractivity contribution in [2.45, 2.75) is 166 Å². The highest BCUT2D eigenvalue weighted by Gasteiger charge is 2.73. The van der Waals surface area contributed by atoms with Gasteiger partial charge in [0.15, 0.2) is 8.59 Å². The van der Waals surface area contributed by atoms with Crippen molar-refractivity contribution in [2.75, 3.05) is 13.2 Å². The zero-order chi connectivity index (χ0) is 43.7. The lowest BCUT2D eigenvalue weighted by Crippen LogP contribution is -2.68. The Hall–Kier alpha value is 1.32. The molecule has 5 aliphatic carbocycles. The van der Waals surface area contributed by atoms with Crippen LogP contribution in [0.1, 0.15) is 141 Å². The van der Waals surface area contributed by atoms with Crippen LogP contribution in [-0.2, 0) is 28.8 Å². The fourth-order valence-electron chi connectivity index (χ4n) is 13.2. The number of hydrogen-bond donors (Lipinski definition) is 1. The average molecular weight is 981 g/mol. The van der Waals surface area contributed by atoms with Crippen LogP contribution in [0.15, 0.2) is 0 Å². The van der Waals surface area contributed by atoms with Crippen LogP contribution >= 0.6 is 93.6 Å². The molecule has 0 aliphatic heterocycles. The van der Waals surface area contributed by atoms with Gasteiger partial charge in [-0.1, -0.05) is 130 Å². The molecule has 57 heavy (non-hydrogen) atoms. The number of fused-ring (bicyclic) bond motifs is 7. The highest BCUT2D eigenvalue weighted by Crippen LogP contribution is 2.78. The number of esters is 1. The second kappa shape index (κ2) is 20.0. The number of rotatable bonds is 8. The van der Waals surface area contributed by atoms with Crippen LogP contribution in [0, 0.1) is 62.6 Å². The summed E-state index contributed by atoms with van der Waals surface area (Å²) in [6, 6.07) is 0. The maximum absolute atomic E-state index is 13.4. The molecule has 5 fully saturated rings. The Morgan fingerprint density at radius 1 is 0.877 bits per heavy atom. The third-order valence-corrected chi connectivity index (χ3v) is 18.1. The van der Waals surface area contributed by atoms with Gasteiger partial charge in [0.2, 0.25) is 4.38 Å². The highest BCUT2D eigenvalue weighted by molar-refractivity contribution is 8.23. The van der Waals surface area contributed by atoms with Crippen molar-refractivity contribution in [1.82, 2.24) is 4.72 Å². The zero-order valence-corrected chi connectivity index (χ0v) is 43.0. The van der Waals surface area contributed by atoms with E-state index in [9.17, 15) is 13.2 Å². The molecule has 16 heteroatoms. The highest BCUT2D eigenvalue weighted by atomic mass is 35.6. The maximum Gasteiger partial charge on any atom is 0.336 e. The van der Waals surface area contributed by atoms with Gasteiger partial charge in [-0.2, -0.15) is 13.1 Å². The van der Waals surface area contributed by atoms with Crippen molar-refractivity contribution in [1.29, 1.82) is 0 Å². The van der Waals surface area contributed by atoms with Gasteiger partial charge in [-0.3, -0.25) is 8.98 Å². The molecule has 334 valence electrons. The molecule has 0 radical (unpaired) electrons. The number of hydrogen-bond acceptors (Lipinski definition) is 8. The predicted molar refractivity (Wildman–Crippen MR) is 246 cm³/mol. The van der Waals surface area contributed by atoms with Gasteiger partial charge < -0.3 is 9.47 Å². The van der Waals surface area contributed by atoms with Gasteiger partial charge in [0.1, 0.15) is 6.10 Å². The first-order chi connectivity index (χ1) is 25.9. The van der Waals surface area contributed by atoms with Crippen molar-refractivity contribution in [2.24, 2.45) is 62.6 Å². The molecule has 0 aromatic rings. The summed E-state index contributed by atoms with van der Waals surface area (Å²) in [5.41, 5.74) is -0.744. The zero-order valence-electron chi connectivity index (χ0n) is 36.0. The Morgan fingerprint density at radius 3 is 1.96 bits per heavy atom. The molecule has 0 spiro atoms. The summed E-state index contributed by atoms with van der Waals surface area (Å²) in [5, 5.41) is 0.0867. The molecule has 0 bridgehead atoms. The summed E-state index contributed by atoms with van der Waals surface area (Å²) in [6.07, 6.45) is 9.59. The van der Waals surface area contributed by atoms with Gasteiger partial charge in [0.05, 0.1) is 13.2 Å². The van der Waals surface area contributed by atoms with Crippen LogP contribution < -0.4 is 4.72 Å². The molecule has 0 unspecified atom stereocenters. The first-order valence-corrected chi connectivity index (χ1v) is 25.8. The second-order valence-electron chi connectivity index (χ2n) is 19.9. The Morgan fingerprint density at radius 2 is 1.46 bits per heavy atom. The van der Waals surface area contributed by atoms with Crippen LogP contribution in [-0.4, -0.2) is 57.5 Å². The Kier molecular flexibility index (Phi) is 18.5. The third-order valence-electron chi connectivity index (χ3n) is 15.2. The van der Waals surface area contributed by atoms with Crippen LogP contribution in [0.25, 0.3) is 0 Å². The smallest absolute Gasteiger partial charge is 0.336 e. The van der Waals surface area contributed by atoms with E-state index in [2.05, 4.69) is 53.2 Å². The lowest BCUT2D eigenvalue weighted by Gasteiger charge is -2.73. The first-order valence-electron chi connectivity index (χ1n) is 20.5. The number of nitrogens with one attached hydrogen (secondary N) is 1. The number of carbonyl (C=O) groups is 1. The summed E-state index contributed by atoms with van der Waals surface area (Å²) < 4.78 is 46.6. The maximum atomic E-state index is 13.4. The summed E-state index contributed by atoms with van der Waals surface area (Å²) in [5.74, 6) is 2.64. The van der Waals surface area contributed by atoms with Crippen molar-refractivity contribution in [3.8, 4) is 0 Å². The molecule has 11 atom stereocenters. The number of thiocarbonyl (C=S) groups is 1. The SMILES string of the molecule is CCOC(=S)S[C@H]1C[C@]2(C)[C@H](CC[C@@H]3[C@@]4(C)CC[C@H](OC(C)=O)C(C)(C)[C@@H]4CC[C@]32C)[C@H]2[C@H](C(C)C)CC[C@@]21COS(=O)(=O)NC(C)(C)C.ClC(Cl)Cl.ClC(Cl)Cl. The van der Waals surface area contributed by atoms with E-state index < -0.39 is 24.4 Å². The van der Waals surface area contributed by atoms with Gasteiger partial charge >= 0.3 is 16.3 Å². The van der Waals surface area contributed by atoms with E-state index >= 15 is 0 Å². The molecular formula is C41H69Cl6NO6S3. The quantitative estimate of drug-likeness (QED) is 0.146. The van der Waals surface area contributed by atoms with E-state index in [0.29, 0.717) is 46.5 Å². The monoisotopic (exact) mass is 977 g/mol. The Labute approximate surface area is 385 Å². The van der Waals surface area contributed by atoms with E-state index in [1.807, 2.05) is 27.7 Å². The molecule has 0 amide bonds. The Balaban J connectivity index is 0.000000994. The number of halogens is 6. The molecule has 1 N–H and O–H groups in total. The molecule has 5 rings (SSSR count). The number of ether oxygens (including phenoxy) is 2. The van der Waals surface area contributed by atoms with Crippen molar-refractivity contribution in [3.05, 3.63) is 0 Å². The molecule has 0 heterocycles. The molecule has 7 nitrogen and oxygen atoms in total. The van der Waals surface area contributed by atoms with Crippen LogP contribution in [0.2, 0.25) is 0 Å². The number of carbonyl (C=O) groups excluding carboxylic acids is 1. The normalized spacial score (nSPS) is 38.4. The average Bonchev–Trinajstić information content (AvgIpc) is 3.42. The topological polar surface area (TPSA) is 90.9 Å². The predicted octanol–water partition coefficient (Wildman–Crippen LogP) is 13.3. The Bertz CT molecular complexity index is 1490. The molecular weight excluding hydrogens is 911 g/mol. The van der Waals surface area contributed by atoms with E-state index in [0.717, 1.165) is 51.4 Å². The molecule has 5 saturated carbocycles. The van der Waals surface area contributed by atoms with Crippen LogP contribution in [0.5, 0.6) is 0 Å². The minimum Gasteiger partial charge on any atom is -0.479 e. The van der Waals surface area contributed by atoms with E-state index in [1.54, 1.807) is 18.7 Å². The minimum atomic E-state index is -3.96. The minimum absolute atomic E-state index is 0.0362. The van der Waals surface area contributed by atoms with E-state index in [1.165, 1.54) is 6.42 Å². The number of thioether (sulfide) groups is 1. The van der Waals surface area contributed by atoms with Crippen molar-refractivity contribution < 1.29 is 26.9 Å². The fraction of sp³-hybridized carbons (Fsp3) is 0.951. The third kappa shape index (κ3) is 11.7. The largest absolute Gasteiger partial charge is 0.479 e. The second-order valence-corrected chi connectivity index (χ2v) is 27.0. The number of alkyl halides is 6. The summed E-state index contributed by atoms with van der Waals surface area (Å²) in [7, 11) is -3.96. The summed E-state index contributed by atoms with van der Waals surface area (Å²) in [6.45, 7) is 27.0. The van der Waals surface area contributed by atoms with Crippen molar-refractivity contribution in [3.63, 3.8) is 0 Å². The van der Waals surface area contributed by atoms with E-state index in [4.69, 9.17) is 95.5 Å². The lowest BCUT2D eigenvalue weighted by molar-refractivity contribution is -0.251. The van der Waals surface area contributed by atoms with Crippen LogP contribution in [0.3, 0.4) is 0 Å². The van der Waals surface area contributed by atoms with E-state index in [-0.39, 0.29) is 51.0 Å². The van der Waals surface area contributed by atoms with Gasteiger partial charge in [0, 0.05) is 28.5 Å². The van der Waals surface area contributed by atoms with Crippen LogP contribution in [0.4, 0.5) is 0 Å².